The van der Waals surface area contributed by atoms with E-state index in [4.69, 9.17) is 16.2 Å². The third-order valence-corrected chi connectivity index (χ3v) is 18.4. The van der Waals surface area contributed by atoms with Crippen molar-refractivity contribution in [1.82, 2.24) is 63.1 Å². The number of halogens is 2. The Morgan fingerprint density at radius 2 is 1.19 bits per heavy atom. The highest BCUT2D eigenvalue weighted by Crippen LogP contribution is 2.30. The molecule has 0 aliphatic carbocycles. The minimum atomic E-state index is -2.56. The molecule has 0 bridgehead atoms. The van der Waals surface area contributed by atoms with Crippen LogP contribution in [0.2, 0.25) is 0 Å². The maximum Gasteiger partial charge on any atom is 0.305 e. The van der Waals surface area contributed by atoms with Gasteiger partial charge in [-0.15, -0.1) is 0 Å². The van der Waals surface area contributed by atoms with Gasteiger partial charge in [-0.2, -0.15) is 0 Å². The summed E-state index contributed by atoms with van der Waals surface area (Å²) in [6.45, 7) is 7.95. The van der Waals surface area contributed by atoms with Crippen LogP contribution in [0.4, 0.5) is 8.78 Å². The van der Waals surface area contributed by atoms with Gasteiger partial charge >= 0.3 is 11.9 Å². The van der Waals surface area contributed by atoms with Gasteiger partial charge in [-0.25, -0.2) is 13.8 Å². The van der Waals surface area contributed by atoms with Crippen LogP contribution in [0.25, 0.3) is 22.3 Å². The summed E-state index contributed by atoms with van der Waals surface area (Å²) in [6.07, 6.45) is -1.86. The summed E-state index contributed by atoms with van der Waals surface area (Å²) >= 11 is 0. The van der Waals surface area contributed by atoms with E-state index in [1.807, 2.05) is 62.4 Å². The number of aliphatic carboxylic acids is 2. The Balaban J connectivity index is 1.19. The van der Waals surface area contributed by atoms with Crippen molar-refractivity contribution in [2.24, 2.45) is 11.5 Å². The Morgan fingerprint density at radius 1 is 0.607 bits per heavy atom. The molecule has 602 valence electrons. The molecule has 34 heteroatoms. The van der Waals surface area contributed by atoms with Crippen molar-refractivity contribution >= 4 is 76.9 Å². The molecule has 10 atom stereocenters. The first-order chi connectivity index (χ1) is 53.0. The molecule has 6 rings (SSSR count). The molecule has 5 aromatic carbocycles. The fraction of sp³-hybridized carbons (Fsp3) is 0.410. The molecule has 32 nitrogen and oxygen atoms in total. The first kappa shape index (κ1) is 88.9. The molecule has 0 saturated carbocycles. The number of imidazole rings is 1. The largest absolute Gasteiger partial charge is 0.497 e. The minimum absolute atomic E-state index is 0.0115. The smallest absolute Gasteiger partial charge is 0.305 e. The highest BCUT2D eigenvalue weighted by atomic mass is 19.1. The average Bonchev–Trinajstić information content (AvgIpc) is 0.896. The highest BCUT2D eigenvalue weighted by molar-refractivity contribution is 6.01. The number of primary amides is 1. The number of nitrogens with zero attached hydrogens (tertiary/aromatic N) is 1. The lowest BCUT2D eigenvalue weighted by atomic mass is 9.89. The summed E-state index contributed by atoms with van der Waals surface area (Å²) in [7, 11) is 1.54. The fourth-order valence-corrected chi connectivity index (χ4v) is 11.9. The van der Waals surface area contributed by atoms with Gasteiger partial charge in [-0.1, -0.05) is 112 Å². The van der Waals surface area contributed by atoms with Gasteiger partial charge < -0.3 is 94.8 Å². The number of benzene rings is 5. The molecular weight excluding hydrogens is 1460 g/mol. The van der Waals surface area contributed by atoms with Crippen LogP contribution < -0.4 is 69.4 Å². The van der Waals surface area contributed by atoms with E-state index >= 15 is 8.78 Å². The van der Waals surface area contributed by atoms with Gasteiger partial charge in [0, 0.05) is 49.6 Å². The van der Waals surface area contributed by atoms with Crippen LogP contribution in [0.3, 0.4) is 0 Å². The summed E-state index contributed by atoms with van der Waals surface area (Å²) in [4.78, 5) is 185. The molecule has 1 heterocycles. The lowest BCUT2D eigenvalue weighted by Gasteiger charge is -2.34. The van der Waals surface area contributed by atoms with Gasteiger partial charge in [0.25, 0.3) is 0 Å². The molecule has 0 radical (unpaired) electrons. The number of carboxylic acid groups (broad SMARTS) is 2. The molecule has 19 N–H and O–H groups in total. The van der Waals surface area contributed by atoms with Crippen LogP contribution in [0.15, 0.2) is 122 Å². The van der Waals surface area contributed by atoms with Crippen LogP contribution in [0.1, 0.15) is 114 Å². The molecule has 0 spiro atoms. The van der Waals surface area contributed by atoms with E-state index in [0.29, 0.717) is 35.4 Å². The summed E-state index contributed by atoms with van der Waals surface area (Å²) in [6, 6.07) is 16.2. The highest BCUT2D eigenvalue weighted by Gasteiger charge is 2.43. The fourth-order valence-electron chi connectivity index (χ4n) is 11.9. The van der Waals surface area contributed by atoms with Crippen molar-refractivity contribution in [2.75, 3.05) is 20.3 Å². The molecule has 0 saturated heterocycles. The summed E-state index contributed by atoms with van der Waals surface area (Å²) in [5.74, 6) is -17.4. The Hall–Kier alpha value is -12.0. The monoisotopic (exact) mass is 1560 g/mol. The second-order valence-electron chi connectivity index (χ2n) is 27.8. The number of aromatic nitrogens is 2. The van der Waals surface area contributed by atoms with E-state index in [1.54, 1.807) is 56.5 Å². The summed E-state index contributed by atoms with van der Waals surface area (Å²) < 4.78 is 36.6. The third-order valence-electron chi connectivity index (χ3n) is 18.4. The van der Waals surface area contributed by atoms with E-state index in [9.17, 15) is 82.8 Å². The number of amides is 11. The van der Waals surface area contributed by atoms with Gasteiger partial charge in [0.2, 0.25) is 65.0 Å². The van der Waals surface area contributed by atoms with Crippen molar-refractivity contribution in [3.05, 3.63) is 167 Å². The number of nitrogens with two attached hydrogens (primary N) is 2. The van der Waals surface area contributed by atoms with Gasteiger partial charge in [0.1, 0.15) is 70.8 Å². The number of aliphatic hydroxyl groups is 2. The number of rotatable bonds is 43. The molecule has 0 fully saturated rings. The number of hydrogen-bond donors (Lipinski definition) is 17. The zero-order valence-corrected chi connectivity index (χ0v) is 63.3. The average molecular weight is 1560 g/mol. The topological polar surface area (TPSA) is 513 Å². The van der Waals surface area contributed by atoms with Gasteiger partial charge in [0.05, 0.1) is 45.2 Å². The summed E-state index contributed by atoms with van der Waals surface area (Å²) in [5, 5.41) is 64.8. The lowest BCUT2D eigenvalue weighted by molar-refractivity contribution is -0.142. The van der Waals surface area contributed by atoms with Crippen molar-refractivity contribution < 1.29 is 96.3 Å². The van der Waals surface area contributed by atoms with Gasteiger partial charge in [0.15, 0.2) is 0 Å². The maximum atomic E-state index is 15.6. The van der Waals surface area contributed by atoms with Gasteiger partial charge in [-0.05, 0) is 123 Å². The van der Waals surface area contributed by atoms with Crippen molar-refractivity contribution in [3.8, 4) is 28.0 Å². The molecule has 6 aromatic rings. The number of nitrogens with one attached hydrogen (secondary N) is 11. The Labute approximate surface area is 644 Å². The van der Waals surface area contributed by atoms with Crippen LogP contribution in [0.5, 0.6) is 5.75 Å². The SMILES string of the molecule is CCCC[C@H](NC(=O)CNC(=O)[C@H](CCC(=O)O)NC(=O)C(C)(C)NC(=O)[C@@H](N)Cc1cnc[nH]1)C(=O)N[C@](C)(Cc1c(F)cccc1F)C(=O)N[C@H](C(=O)N[C@@H](CO)C(=O)N[C@@H](CC(=O)O)C(=O)N[C@@H](Cc1ccc(-c2ccc(OC)cc2CC)cc1)C(=O)N[C@@H](Cc1ccc(-c2ccccc2C)cc1)C(N)=O)[C@@H](C)O. The van der Waals surface area contributed by atoms with Crippen molar-refractivity contribution in [1.29, 1.82) is 0 Å². The number of ether oxygens (including phenoxy) is 1. The Kier molecular flexibility index (Phi) is 33.1. The number of carbonyl (C=O) groups excluding carboxylic acids is 11. The molecule has 112 heavy (non-hydrogen) atoms. The number of H-pyrrole nitrogens is 1. The van der Waals surface area contributed by atoms with E-state index in [1.165, 1.54) is 26.4 Å². The second kappa shape index (κ2) is 41.7. The molecular formula is C78H98F2N14O18. The molecule has 0 unspecified atom stereocenters. The summed E-state index contributed by atoms with van der Waals surface area (Å²) in [5.41, 5.74) is 13.9. The number of carbonyl (C=O) groups is 13. The lowest BCUT2D eigenvalue weighted by Crippen LogP contribution is -2.66. The first-order valence-electron chi connectivity index (χ1n) is 36.1. The van der Waals surface area contributed by atoms with Gasteiger partial charge in [-0.3, -0.25) is 62.3 Å². The van der Waals surface area contributed by atoms with E-state index in [0.717, 1.165) is 65.4 Å². The maximum absolute atomic E-state index is 15.6. The first-order valence-corrected chi connectivity index (χ1v) is 36.1. The quantitative estimate of drug-likeness (QED) is 0.0255. The number of carboxylic acids is 2. The predicted octanol–water partition coefficient (Wildman–Crippen LogP) is 1.17. The van der Waals surface area contributed by atoms with Crippen molar-refractivity contribution in [3.63, 3.8) is 0 Å². The molecule has 0 aliphatic rings. The Morgan fingerprint density at radius 3 is 1.75 bits per heavy atom. The molecule has 1 aromatic heterocycles. The third kappa shape index (κ3) is 26.1. The number of aromatic amines is 1. The van der Waals surface area contributed by atoms with Crippen molar-refractivity contribution in [2.45, 2.75) is 185 Å². The van der Waals surface area contributed by atoms with E-state index < -0.39 is 198 Å². The van der Waals surface area contributed by atoms with Crippen LogP contribution in [-0.4, -0.2) is 193 Å². The second-order valence-corrected chi connectivity index (χ2v) is 27.8. The standard InChI is InChI=1S/C78H98F2N14O18/c1-9-11-19-57(86-63(97)39-84-69(104)58(30-31-64(98)99)91-75(110)77(5,6)93-68(103)56(81)35-49-38-83-41-85-49)73(108)94-78(7,37-53-54(79)17-14-18-55(53)80)76(111)92-66(43(4)96)74(109)90-62(40-95)72(107)89-61(36-65(100)101)71(106)88-60(33-45-22-26-48(27-23-45)52-29-28-50(112-8)34-46(52)10-2)70(105)87-59(67(82)102)32-44-20-24-47(25-21-44)51-16-13-12-15-42(51)3/h12-18,20-29,34,38,41,43,56-62,66,95-96H,9-11,19,30-33,35-37,39-40,81H2,1-8H3,(H2,82,102)(H,83,85)(H,84,104)(H,86,97)(H,87,105)(H,88,106)(H,89,107)(H,90,109)(H,91,110)(H,92,111)(H,93,103)(H,94,108)(H,98,99)(H,100,101)/t43-,56+,57+,58+,59+,60+,61+,62+,66+,78-/m1/s1. The number of unbranched alkanes of at least 4 members (excludes halogenated alkanes) is 1. The van der Waals surface area contributed by atoms with Crippen LogP contribution in [0, 0.1) is 18.6 Å². The molecule has 11 amide bonds. The Bertz CT molecular complexity index is 4320. The predicted molar refractivity (Wildman–Crippen MR) is 404 cm³/mol. The zero-order valence-electron chi connectivity index (χ0n) is 63.3. The number of hydrogen-bond acceptors (Lipinski definition) is 18. The normalized spacial score (nSPS) is 14.2. The van der Waals surface area contributed by atoms with E-state index in [2.05, 4.69) is 63.1 Å². The minimum Gasteiger partial charge on any atom is -0.497 e. The molecule has 0 aliphatic heterocycles. The van der Waals surface area contributed by atoms with Crippen LogP contribution >= 0.6 is 0 Å². The number of methoxy groups -OCH3 is 1. The van der Waals surface area contributed by atoms with E-state index in [-0.39, 0.29) is 32.1 Å². The van der Waals surface area contributed by atoms with Crippen LogP contribution in [-0.2, 0) is 94.4 Å². The number of aliphatic hydroxyl groups excluding tert-OH is 2. The zero-order chi connectivity index (χ0) is 82.7. The number of aryl methyl sites for hydroxylation is 2.